The van der Waals surface area contributed by atoms with Gasteiger partial charge < -0.3 is 9.72 Å². The molecule has 1 fully saturated rings. The van der Waals surface area contributed by atoms with E-state index in [1.54, 1.807) is 19.3 Å². The molecule has 1 amide bonds. The largest absolute Gasteiger partial charge is 2.00 e. The second kappa shape index (κ2) is 15.3. The van der Waals surface area contributed by atoms with Crippen molar-refractivity contribution in [3.05, 3.63) is 58.6 Å². The van der Waals surface area contributed by atoms with Gasteiger partial charge in [0.15, 0.2) is 5.01 Å². The van der Waals surface area contributed by atoms with E-state index in [0.717, 1.165) is 24.2 Å². The van der Waals surface area contributed by atoms with Crippen LogP contribution in [0.4, 0.5) is 13.9 Å². The van der Waals surface area contributed by atoms with E-state index in [2.05, 4.69) is 58.6 Å². The summed E-state index contributed by atoms with van der Waals surface area (Å²) in [6.45, 7) is 1.66. The number of carbonyl (C=O) groups is 1. The average Bonchev–Trinajstić information content (AvgIpc) is 3.64. The van der Waals surface area contributed by atoms with Gasteiger partial charge in [-0.1, -0.05) is 29.7 Å². The summed E-state index contributed by atoms with van der Waals surface area (Å²) in [6, 6.07) is 2.61. The van der Waals surface area contributed by atoms with Crippen LogP contribution in [0.1, 0.15) is 47.3 Å². The van der Waals surface area contributed by atoms with E-state index in [9.17, 15) is 18.4 Å². The number of hydrogen-bond acceptors (Lipinski definition) is 8. The summed E-state index contributed by atoms with van der Waals surface area (Å²) in [4.78, 5) is 31.5. The van der Waals surface area contributed by atoms with Crippen molar-refractivity contribution < 1.29 is 54.6 Å². The second-order valence-corrected chi connectivity index (χ2v) is 8.74. The molecule has 8 nitrogen and oxygen atoms in total. The van der Waals surface area contributed by atoms with Crippen molar-refractivity contribution in [2.45, 2.75) is 26.2 Å². The molecule has 1 aliphatic carbocycles. The Morgan fingerprint density at radius 2 is 2.11 bits per heavy atom. The smallest absolute Gasteiger partial charge is 0.496 e. The van der Waals surface area contributed by atoms with Gasteiger partial charge in [-0.3, -0.25) is 15.1 Å². The number of rotatable bonds is 7. The molecule has 3 heterocycles. The molecule has 13 heteroatoms. The van der Waals surface area contributed by atoms with Crippen LogP contribution in [-0.2, 0) is 36.3 Å². The van der Waals surface area contributed by atoms with Gasteiger partial charge in [0.2, 0.25) is 11.0 Å². The van der Waals surface area contributed by atoms with Crippen LogP contribution in [-0.4, -0.2) is 44.5 Å². The van der Waals surface area contributed by atoms with E-state index in [-0.39, 0.29) is 38.5 Å². The Morgan fingerprint density at radius 1 is 1.34 bits per heavy atom. The number of halogens is 2. The Hall–Kier alpha value is -3.18. The van der Waals surface area contributed by atoms with Gasteiger partial charge in [0.05, 0.1) is 13.3 Å². The van der Waals surface area contributed by atoms with E-state index in [4.69, 9.17) is 4.74 Å². The number of anilines is 1. The van der Waals surface area contributed by atoms with Crippen LogP contribution in [0.5, 0.6) is 5.75 Å². The van der Waals surface area contributed by atoms with Crippen molar-refractivity contribution in [3.8, 4) is 28.7 Å². The monoisotopic (exact) mass is 623 g/mol. The van der Waals surface area contributed by atoms with E-state index in [0.29, 0.717) is 22.1 Å². The third kappa shape index (κ3) is 8.98. The number of methoxy groups -OCH3 is 1. The van der Waals surface area contributed by atoms with Crippen molar-refractivity contribution in [2.24, 2.45) is 5.92 Å². The van der Waals surface area contributed by atoms with Crippen LogP contribution in [0.15, 0.2) is 36.2 Å². The summed E-state index contributed by atoms with van der Waals surface area (Å²) in [5.41, 5.74) is 0.851. The molecular weight excluding hydrogens is 606 g/mol. The molecule has 38 heavy (non-hydrogen) atoms. The number of ether oxygens (including phenoxy) is 1. The van der Waals surface area contributed by atoms with Gasteiger partial charge in [0.1, 0.15) is 11.4 Å². The summed E-state index contributed by atoms with van der Waals surface area (Å²) in [5.74, 6) is 6.16. The van der Waals surface area contributed by atoms with Crippen molar-refractivity contribution >= 4 is 33.7 Å². The standard InChI is InChI=1S/C20H14F2N5O2S.C5H5O.2Ni/c1-29-16-10-24-15(18(21)22)8-13(16)12-6-7-23-9-14(12)19(28)25-20-27-26-17(30-20)5-4-11-2-3-11;1-3-5(2)4-6;;/h6,8-11,18H,2-3H2,1H3,(H,25,27,28);1,3H,2H3;;/q2*-1;;+2/b;5-3-;;. The number of amides is 1. The Bertz CT molecular complexity index is 1380. The Kier molecular flexibility index (Phi) is 12.5. The summed E-state index contributed by atoms with van der Waals surface area (Å²) in [5, 5.41) is 11.3. The van der Waals surface area contributed by atoms with Crippen LogP contribution in [0.2, 0.25) is 0 Å². The molecule has 0 atom stereocenters. The molecule has 0 aromatic carbocycles. The van der Waals surface area contributed by atoms with Crippen molar-refractivity contribution in [2.75, 3.05) is 12.4 Å². The van der Waals surface area contributed by atoms with Crippen molar-refractivity contribution in [3.63, 3.8) is 0 Å². The molecule has 0 unspecified atom stereocenters. The Balaban J connectivity index is 0.000000561. The molecule has 1 saturated carbocycles. The fourth-order valence-electron chi connectivity index (χ4n) is 2.70. The minimum Gasteiger partial charge on any atom is -0.496 e. The summed E-state index contributed by atoms with van der Waals surface area (Å²) in [6.07, 6.45) is 7.76. The predicted molar refractivity (Wildman–Crippen MR) is 131 cm³/mol. The van der Waals surface area contributed by atoms with E-state index in [1.807, 2.05) is 0 Å². The van der Waals surface area contributed by atoms with E-state index >= 15 is 0 Å². The minimum atomic E-state index is -2.77. The summed E-state index contributed by atoms with van der Waals surface area (Å²) >= 11 is 5.31. The molecule has 3 aromatic rings. The zero-order chi connectivity index (χ0) is 26.8. The molecule has 0 bridgehead atoms. The number of allylic oxidation sites excluding steroid dienone is 2. The van der Waals surface area contributed by atoms with Crippen LogP contribution >= 0.6 is 11.3 Å². The van der Waals surface area contributed by atoms with E-state index in [1.165, 1.54) is 36.6 Å². The molecule has 3 aromatic heterocycles. The number of alkyl halides is 2. The number of nitrogens with one attached hydrogen (secondary N) is 1. The van der Waals surface area contributed by atoms with Gasteiger partial charge in [0.25, 0.3) is 6.43 Å². The number of aromatic nitrogens is 4. The van der Waals surface area contributed by atoms with Crippen molar-refractivity contribution in [1.82, 2.24) is 20.2 Å². The van der Waals surface area contributed by atoms with Gasteiger partial charge in [-0.2, -0.15) is 0 Å². The van der Waals surface area contributed by atoms with Gasteiger partial charge >= 0.3 is 66.2 Å². The van der Waals surface area contributed by atoms with Gasteiger partial charge in [-0.15, -0.1) is 21.8 Å². The number of pyridine rings is 2. The second-order valence-electron chi connectivity index (χ2n) is 7.44. The van der Waals surface area contributed by atoms with Gasteiger partial charge in [-0.05, 0) is 36.0 Å². The third-order valence-electron chi connectivity index (χ3n) is 4.70. The number of carbonyl (C=O) groups excluding carboxylic acids is 2. The maximum absolute atomic E-state index is 13.1. The fourth-order valence-corrected chi connectivity index (χ4v) is 3.55. The third-order valence-corrected chi connectivity index (χ3v) is 5.62. The molecule has 0 aliphatic heterocycles. The van der Waals surface area contributed by atoms with Gasteiger partial charge in [-0.25, -0.2) is 8.78 Å². The maximum atomic E-state index is 13.1. The van der Waals surface area contributed by atoms with Crippen LogP contribution in [0.25, 0.3) is 11.1 Å². The molecule has 4 rings (SSSR count). The maximum Gasteiger partial charge on any atom is 2.00 e. The molecule has 0 radical (unpaired) electrons. The fraction of sp³-hybridized carbons (Fsp3) is 0.240. The zero-order valence-corrected chi connectivity index (χ0v) is 22.6. The van der Waals surface area contributed by atoms with Crippen LogP contribution in [0.3, 0.4) is 0 Å². The summed E-state index contributed by atoms with van der Waals surface area (Å²) in [7, 11) is 1.39. The van der Waals surface area contributed by atoms with Crippen molar-refractivity contribution in [1.29, 1.82) is 0 Å². The van der Waals surface area contributed by atoms with Gasteiger partial charge in [0, 0.05) is 5.92 Å². The Morgan fingerprint density at radius 3 is 2.71 bits per heavy atom. The number of nitrogens with zero attached hydrogens (tertiary/aromatic N) is 4. The zero-order valence-electron chi connectivity index (χ0n) is 19.8. The Labute approximate surface area is 239 Å². The van der Waals surface area contributed by atoms with Crippen LogP contribution in [0, 0.1) is 24.0 Å². The normalized spacial score (nSPS) is 12.2. The first-order valence-corrected chi connectivity index (χ1v) is 12.0. The van der Waals surface area contributed by atoms with Crippen LogP contribution < -0.4 is 10.1 Å². The molecular formula is C25H19F2N5Ni2O3S. The van der Waals surface area contributed by atoms with E-state index < -0.39 is 18.0 Å². The molecule has 202 valence electrons. The average molecular weight is 625 g/mol. The first-order valence-electron chi connectivity index (χ1n) is 10.7. The first kappa shape index (κ1) is 31.0. The predicted octanol–water partition coefficient (Wildman–Crippen LogP) is 4.14. The number of hydrogen-bond donors (Lipinski definition) is 1. The molecule has 1 aliphatic rings. The topological polar surface area (TPSA) is 107 Å². The molecule has 1 N–H and O–H groups in total. The quantitative estimate of drug-likeness (QED) is 0.182. The summed E-state index contributed by atoms with van der Waals surface area (Å²) < 4.78 is 31.5. The molecule has 0 spiro atoms. The first-order chi connectivity index (χ1) is 17.9. The minimum absolute atomic E-state index is 0. The molecule has 0 saturated heterocycles. The SMILES string of the molecule is C/C([C-]=O)=C/[CH]=[Ni].COc1cnc(C(F)F)cc1-c1c[c-]ncc1C(=O)Nc1nnc(C#CC2CC2)s1.[Ni+2].